The minimum Gasteiger partial charge on any atom is -0.339 e. The molecule has 1 aromatic rings. The highest BCUT2D eigenvalue weighted by atomic mass is 16.2. The first-order valence-corrected chi connectivity index (χ1v) is 9.82. The molecule has 2 heterocycles. The van der Waals surface area contributed by atoms with Gasteiger partial charge in [-0.15, -0.1) is 0 Å². The Balaban J connectivity index is 1.26. The first-order valence-electron chi connectivity index (χ1n) is 9.82. The summed E-state index contributed by atoms with van der Waals surface area (Å²) >= 11 is 0. The van der Waals surface area contributed by atoms with Gasteiger partial charge in [0.1, 0.15) is 0 Å². The summed E-state index contributed by atoms with van der Waals surface area (Å²) in [5.41, 5.74) is 1.35. The fourth-order valence-electron chi connectivity index (χ4n) is 4.21. The average Bonchev–Trinajstić information content (AvgIpc) is 2.61. The van der Waals surface area contributed by atoms with Crippen molar-refractivity contribution in [1.82, 2.24) is 20.0 Å². The largest absolute Gasteiger partial charge is 0.339 e. The van der Waals surface area contributed by atoms with Gasteiger partial charge in [0, 0.05) is 58.4 Å². The molecule has 1 aromatic carbocycles. The third-order valence-corrected chi connectivity index (χ3v) is 6.03. The zero-order valence-electron chi connectivity index (χ0n) is 15.1. The second-order valence-corrected chi connectivity index (χ2v) is 7.67. The molecule has 0 spiro atoms. The van der Waals surface area contributed by atoms with Crippen LogP contribution >= 0.6 is 0 Å². The molecule has 1 N–H and O–H groups in total. The summed E-state index contributed by atoms with van der Waals surface area (Å²) in [6.45, 7) is 7.58. The quantitative estimate of drug-likeness (QED) is 0.891. The Kier molecular flexibility index (Phi) is 5.34. The second kappa shape index (κ2) is 7.85. The van der Waals surface area contributed by atoms with Crippen LogP contribution in [0.15, 0.2) is 30.3 Å². The van der Waals surface area contributed by atoms with Crippen LogP contribution in [-0.2, 0) is 11.3 Å². The van der Waals surface area contributed by atoms with Crippen LogP contribution in [-0.4, -0.2) is 78.5 Å². The highest BCUT2D eigenvalue weighted by Crippen LogP contribution is 2.25. The Hall–Kier alpha value is -1.43. The van der Waals surface area contributed by atoms with E-state index < -0.39 is 0 Å². The molecule has 1 atom stereocenters. The molecule has 0 aromatic heterocycles. The van der Waals surface area contributed by atoms with E-state index in [0.717, 1.165) is 58.4 Å². The molecule has 5 heteroatoms. The maximum absolute atomic E-state index is 12.9. The Morgan fingerprint density at radius 1 is 1.04 bits per heavy atom. The number of hydrogen-bond acceptors (Lipinski definition) is 4. The molecule has 136 valence electrons. The van der Waals surface area contributed by atoms with Crippen molar-refractivity contribution in [3.63, 3.8) is 0 Å². The Morgan fingerprint density at radius 3 is 2.48 bits per heavy atom. The molecule has 1 aliphatic carbocycles. The first kappa shape index (κ1) is 17.0. The van der Waals surface area contributed by atoms with Gasteiger partial charge in [-0.25, -0.2) is 0 Å². The zero-order chi connectivity index (χ0) is 17.1. The van der Waals surface area contributed by atoms with Crippen molar-refractivity contribution >= 4 is 5.91 Å². The Morgan fingerprint density at radius 2 is 1.80 bits per heavy atom. The molecular formula is C20H30N4O. The monoisotopic (exact) mass is 342 g/mol. The third-order valence-electron chi connectivity index (χ3n) is 6.03. The molecule has 0 radical (unpaired) electrons. The minimum absolute atomic E-state index is 0.00461. The second-order valence-electron chi connectivity index (χ2n) is 7.67. The molecule has 2 aliphatic heterocycles. The Bertz CT molecular complexity index is 566. The topological polar surface area (TPSA) is 38.8 Å². The van der Waals surface area contributed by atoms with Crippen LogP contribution < -0.4 is 5.32 Å². The summed E-state index contributed by atoms with van der Waals surface area (Å²) in [4.78, 5) is 20.0. The van der Waals surface area contributed by atoms with Crippen LogP contribution in [0.2, 0.25) is 0 Å². The fourth-order valence-corrected chi connectivity index (χ4v) is 4.21. The van der Waals surface area contributed by atoms with E-state index in [-0.39, 0.29) is 6.04 Å². The average molecular weight is 342 g/mol. The number of piperazine rings is 2. The number of rotatable bonds is 4. The van der Waals surface area contributed by atoms with Crippen molar-refractivity contribution in [2.75, 3.05) is 45.8 Å². The predicted molar refractivity (Wildman–Crippen MR) is 99.3 cm³/mol. The lowest BCUT2D eigenvalue weighted by atomic mass is 9.90. The maximum atomic E-state index is 12.9. The number of benzene rings is 1. The van der Waals surface area contributed by atoms with E-state index in [2.05, 4.69) is 50.3 Å². The molecule has 5 nitrogen and oxygen atoms in total. The van der Waals surface area contributed by atoms with E-state index in [9.17, 15) is 4.79 Å². The van der Waals surface area contributed by atoms with Crippen LogP contribution in [0.3, 0.4) is 0 Å². The van der Waals surface area contributed by atoms with Crippen molar-refractivity contribution in [2.45, 2.75) is 37.9 Å². The van der Waals surface area contributed by atoms with Gasteiger partial charge >= 0.3 is 0 Å². The molecule has 0 unspecified atom stereocenters. The van der Waals surface area contributed by atoms with Crippen LogP contribution in [0.4, 0.5) is 0 Å². The van der Waals surface area contributed by atoms with E-state index in [1.165, 1.54) is 24.8 Å². The number of nitrogens with one attached hydrogen (secondary N) is 1. The van der Waals surface area contributed by atoms with Gasteiger partial charge in [-0.2, -0.15) is 0 Å². The molecule has 1 amide bonds. The minimum atomic E-state index is -0.00461. The SMILES string of the molecule is O=C([C@H]1CN(C2CCC2)CCN1)N1CCN(Cc2ccccc2)CC1. The molecular weight excluding hydrogens is 312 g/mol. The fraction of sp³-hybridized carbons (Fsp3) is 0.650. The molecule has 25 heavy (non-hydrogen) atoms. The summed E-state index contributed by atoms with van der Waals surface area (Å²) < 4.78 is 0. The molecule has 1 saturated carbocycles. The highest BCUT2D eigenvalue weighted by Gasteiger charge is 2.34. The summed E-state index contributed by atoms with van der Waals surface area (Å²) in [5.74, 6) is 0.309. The standard InChI is InChI=1S/C20H30N4O/c25-20(19-16-24(10-9-21-19)18-7-4-8-18)23-13-11-22(12-14-23)15-17-5-2-1-3-6-17/h1-3,5-6,18-19,21H,4,7-16H2/t19-/m1/s1. The van der Waals surface area contributed by atoms with Gasteiger partial charge in [0.05, 0.1) is 6.04 Å². The van der Waals surface area contributed by atoms with Crippen LogP contribution in [0.25, 0.3) is 0 Å². The van der Waals surface area contributed by atoms with Crippen molar-refractivity contribution in [1.29, 1.82) is 0 Å². The van der Waals surface area contributed by atoms with E-state index >= 15 is 0 Å². The van der Waals surface area contributed by atoms with Gasteiger partial charge < -0.3 is 10.2 Å². The summed E-state index contributed by atoms with van der Waals surface area (Å²) in [6.07, 6.45) is 3.99. The van der Waals surface area contributed by atoms with Gasteiger partial charge in [-0.05, 0) is 18.4 Å². The van der Waals surface area contributed by atoms with Crippen LogP contribution in [0.5, 0.6) is 0 Å². The lowest BCUT2D eigenvalue weighted by Crippen LogP contribution is -2.62. The van der Waals surface area contributed by atoms with E-state index in [1.54, 1.807) is 0 Å². The number of nitrogens with zero attached hydrogens (tertiary/aromatic N) is 3. The lowest BCUT2D eigenvalue weighted by molar-refractivity contribution is -0.137. The first-order chi connectivity index (χ1) is 12.3. The van der Waals surface area contributed by atoms with Gasteiger partial charge in [0.25, 0.3) is 0 Å². The summed E-state index contributed by atoms with van der Waals surface area (Å²) in [6, 6.07) is 11.3. The number of carbonyl (C=O) groups excluding carboxylic acids is 1. The predicted octanol–water partition coefficient (Wildman–Crippen LogP) is 1.16. The van der Waals surface area contributed by atoms with Gasteiger partial charge in [-0.1, -0.05) is 36.8 Å². The summed E-state index contributed by atoms with van der Waals surface area (Å²) in [5, 5.41) is 3.45. The van der Waals surface area contributed by atoms with Gasteiger partial charge in [0.2, 0.25) is 5.91 Å². The van der Waals surface area contributed by atoms with Gasteiger partial charge in [0.15, 0.2) is 0 Å². The van der Waals surface area contributed by atoms with E-state index in [4.69, 9.17) is 0 Å². The van der Waals surface area contributed by atoms with Crippen molar-refractivity contribution in [3.8, 4) is 0 Å². The smallest absolute Gasteiger partial charge is 0.241 e. The van der Waals surface area contributed by atoms with E-state index in [0.29, 0.717) is 5.91 Å². The lowest BCUT2D eigenvalue weighted by Gasteiger charge is -2.44. The molecule has 2 saturated heterocycles. The van der Waals surface area contributed by atoms with Crippen LogP contribution in [0.1, 0.15) is 24.8 Å². The van der Waals surface area contributed by atoms with Gasteiger partial charge in [-0.3, -0.25) is 14.6 Å². The molecule has 0 bridgehead atoms. The number of amides is 1. The zero-order valence-corrected chi connectivity index (χ0v) is 15.1. The molecule has 4 rings (SSSR count). The maximum Gasteiger partial charge on any atom is 0.241 e. The summed E-state index contributed by atoms with van der Waals surface area (Å²) in [7, 11) is 0. The molecule has 3 fully saturated rings. The highest BCUT2D eigenvalue weighted by molar-refractivity contribution is 5.82. The Labute approximate surface area is 151 Å². The number of hydrogen-bond donors (Lipinski definition) is 1. The van der Waals surface area contributed by atoms with Crippen molar-refractivity contribution < 1.29 is 4.79 Å². The van der Waals surface area contributed by atoms with Crippen molar-refractivity contribution in [2.24, 2.45) is 0 Å². The van der Waals surface area contributed by atoms with Crippen molar-refractivity contribution in [3.05, 3.63) is 35.9 Å². The van der Waals surface area contributed by atoms with E-state index in [1.807, 2.05) is 0 Å². The van der Waals surface area contributed by atoms with Crippen LogP contribution in [0, 0.1) is 0 Å². The third kappa shape index (κ3) is 4.05. The number of carbonyl (C=O) groups is 1. The molecule has 3 aliphatic rings. The normalized spacial score (nSPS) is 26.4.